The van der Waals surface area contributed by atoms with Crippen LogP contribution in [0.5, 0.6) is 0 Å². The number of Topliss-reactive ketones (excluding diaryl/α,β-unsaturated/α-hetero) is 1. The zero-order valence-electron chi connectivity index (χ0n) is 11.0. The van der Waals surface area contributed by atoms with Crippen LogP contribution in [0.1, 0.15) is 6.42 Å². The first kappa shape index (κ1) is 15.6. The maximum Gasteiger partial charge on any atom is 0.152 e. The molecule has 1 atom stereocenters. The van der Waals surface area contributed by atoms with E-state index in [1.807, 2.05) is 4.90 Å². The lowest BCUT2D eigenvalue weighted by molar-refractivity contribution is -0.160. The van der Waals surface area contributed by atoms with E-state index in [0.29, 0.717) is 30.1 Å². The predicted molar refractivity (Wildman–Crippen MR) is 76.4 cm³/mol. The van der Waals surface area contributed by atoms with Crippen molar-refractivity contribution < 1.29 is 18.4 Å². The minimum atomic E-state index is -0.339. The molecular formula is C13H15ClFNO3S. The van der Waals surface area contributed by atoms with E-state index in [1.165, 1.54) is 13.2 Å². The largest absolute Gasteiger partial charge is 0.368 e. The number of hydrogen-bond acceptors (Lipinski definition) is 5. The van der Waals surface area contributed by atoms with Crippen molar-refractivity contribution >= 4 is 35.1 Å². The molecule has 4 nitrogen and oxygen atoms in total. The Hall–Kier alpha value is -0.820. The summed E-state index contributed by atoms with van der Waals surface area (Å²) in [6, 6.07) is 4.82. The molecule has 0 bridgehead atoms. The number of alkyl halides is 1. The number of anilines is 1. The molecule has 110 valence electrons. The van der Waals surface area contributed by atoms with E-state index in [9.17, 15) is 9.18 Å². The quantitative estimate of drug-likeness (QED) is 0.349. The molecule has 1 aliphatic rings. The van der Waals surface area contributed by atoms with E-state index >= 15 is 0 Å². The van der Waals surface area contributed by atoms with Gasteiger partial charge in [0.15, 0.2) is 5.78 Å². The minimum Gasteiger partial charge on any atom is -0.368 e. The molecule has 7 heteroatoms. The zero-order chi connectivity index (χ0) is 14.5. The Kier molecular flexibility index (Phi) is 5.65. The number of carbonyl (C=O) groups is 1. The Balaban J connectivity index is 2.05. The summed E-state index contributed by atoms with van der Waals surface area (Å²) in [6.07, 6.45) is 0.717. The summed E-state index contributed by atoms with van der Waals surface area (Å²) in [4.78, 5) is 18.5. The van der Waals surface area contributed by atoms with E-state index < -0.39 is 0 Å². The van der Waals surface area contributed by atoms with E-state index in [-0.39, 0.29) is 23.4 Å². The molecule has 0 amide bonds. The smallest absolute Gasteiger partial charge is 0.152 e. The molecule has 0 saturated carbocycles. The van der Waals surface area contributed by atoms with Crippen molar-refractivity contribution in [3.63, 3.8) is 0 Å². The average molecular weight is 320 g/mol. The topological polar surface area (TPSA) is 38.8 Å². The van der Waals surface area contributed by atoms with Crippen LogP contribution in [0.2, 0.25) is 0 Å². The van der Waals surface area contributed by atoms with Crippen molar-refractivity contribution in [1.82, 2.24) is 0 Å². The normalized spacial score (nSPS) is 18.6. The number of benzene rings is 1. The van der Waals surface area contributed by atoms with Crippen molar-refractivity contribution in [2.75, 3.05) is 31.0 Å². The fourth-order valence-corrected chi connectivity index (χ4v) is 2.86. The second-order valence-corrected chi connectivity index (χ2v) is 5.50. The third kappa shape index (κ3) is 3.63. The van der Waals surface area contributed by atoms with Gasteiger partial charge in [-0.2, -0.15) is 4.33 Å². The van der Waals surface area contributed by atoms with Crippen LogP contribution in [0.4, 0.5) is 10.1 Å². The molecule has 0 N–H and O–H groups in total. The minimum absolute atomic E-state index is 0.0188. The number of ketones is 1. The third-order valence-electron chi connectivity index (χ3n) is 3.23. The molecule has 1 aromatic rings. The highest BCUT2D eigenvalue weighted by molar-refractivity contribution is 7.94. The summed E-state index contributed by atoms with van der Waals surface area (Å²) in [5.41, 5.74) is 0.497. The number of hydrogen-bond donors (Lipinski definition) is 0. The Bertz CT molecular complexity index is 489. The zero-order valence-corrected chi connectivity index (χ0v) is 12.5. The highest BCUT2D eigenvalue weighted by Crippen LogP contribution is 2.30. The molecule has 0 aromatic heterocycles. The maximum absolute atomic E-state index is 14.1. The van der Waals surface area contributed by atoms with Crippen molar-refractivity contribution in [2.24, 2.45) is 5.92 Å². The van der Waals surface area contributed by atoms with Crippen LogP contribution in [0.15, 0.2) is 23.1 Å². The monoisotopic (exact) mass is 319 g/mol. The van der Waals surface area contributed by atoms with Crippen LogP contribution in [0.3, 0.4) is 0 Å². The summed E-state index contributed by atoms with van der Waals surface area (Å²) in [5.74, 6) is -0.396. The second kappa shape index (κ2) is 7.26. The number of nitrogens with zero attached hydrogens (tertiary/aromatic N) is 1. The van der Waals surface area contributed by atoms with Crippen molar-refractivity contribution in [3.05, 3.63) is 24.0 Å². The summed E-state index contributed by atoms with van der Waals surface area (Å²) in [6.45, 7) is 1.18. The first-order valence-corrected chi connectivity index (χ1v) is 7.43. The first-order valence-electron chi connectivity index (χ1n) is 6.16. The Morgan fingerprint density at radius 3 is 3.05 bits per heavy atom. The van der Waals surface area contributed by atoms with Gasteiger partial charge < -0.3 is 4.90 Å². The highest BCUT2D eigenvalue weighted by Gasteiger charge is 2.28. The second-order valence-electron chi connectivity index (χ2n) is 4.46. The number of halogens is 2. The van der Waals surface area contributed by atoms with Gasteiger partial charge in [-0.05, 0) is 24.6 Å². The summed E-state index contributed by atoms with van der Waals surface area (Å²) >= 11 is 6.50. The van der Waals surface area contributed by atoms with Gasteiger partial charge in [0.1, 0.15) is 5.82 Å². The molecule has 20 heavy (non-hydrogen) atoms. The Morgan fingerprint density at radius 1 is 1.60 bits per heavy atom. The van der Waals surface area contributed by atoms with Gasteiger partial charge >= 0.3 is 0 Å². The standard InChI is InChI=1S/C13H15ClFNO3S/c1-18-19-20-10-2-3-12(11(15)6-10)16-5-4-9(8-16)13(17)7-14/h2-3,6,9H,4-5,7-8H2,1H3/t9-/m0/s1. The third-order valence-corrected chi connectivity index (χ3v) is 4.15. The average Bonchev–Trinajstić information content (AvgIpc) is 2.94. The van der Waals surface area contributed by atoms with Gasteiger partial charge in [-0.25, -0.2) is 9.28 Å². The molecule has 0 radical (unpaired) electrons. The van der Waals surface area contributed by atoms with Gasteiger partial charge in [0.2, 0.25) is 0 Å². The van der Waals surface area contributed by atoms with Crippen molar-refractivity contribution in [1.29, 1.82) is 0 Å². The van der Waals surface area contributed by atoms with Gasteiger partial charge in [-0.3, -0.25) is 4.79 Å². The maximum atomic E-state index is 14.1. The van der Waals surface area contributed by atoms with E-state index in [1.54, 1.807) is 12.1 Å². The Labute approximate surface area is 126 Å². The fourth-order valence-electron chi connectivity index (χ4n) is 2.22. The molecular weight excluding hydrogens is 305 g/mol. The lowest BCUT2D eigenvalue weighted by atomic mass is 10.1. The lowest BCUT2D eigenvalue weighted by Crippen LogP contribution is -2.24. The predicted octanol–water partition coefficient (Wildman–Crippen LogP) is 3.05. The number of rotatable bonds is 6. The van der Waals surface area contributed by atoms with E-state index in [2.05, 4.69) is 9.22 Å². The van der Waals surface area contributed by atoms with Crippen LogP contribution >= 0.6 is 23.6 Å². The van der Waals surface area contributed by atoms with Crippen molar-refractivity contribution in [2.45, 2.75) is 11.3 Å². The molecule has 0 aliphatic carbocycles. The highest BCUT2D eigenvalue weighted by atomic mass is 35.5. The van der Waals surface area contributed by atoms with Gasteiger partial charge in [-0.1, -0.05) is 0 Å². The van der Waals surface area contributed by atoms with Crippen LogP contribution in [-0.2, 0) is 14.0 Å². The Morgan fingerprint density at radius 2 is 2.40 bits per heavy atom. The molecule has 1 saturated heterocycles. The number of carbonyl (C=O) groups excluding carboxylic acids is 1. The molecule has 1 heterocycles. The van der Waals surface area contributed by atoms with Gasteiger partial charge in [-0.15, -0.1) is 11.6 Å². The summed E-state index contributed by atoms with van der Waals surface area (Å²) in [7, 11) is 1.38. The molecule has 2 rings (SSSR count). The lowest BCUT2D eigenvalue weighted by Gasteiger charge is -2.19. The molecule has 0 unspecified atom stereocenters. The van der Waals surface area contributed by atoms with Crippen LogP contribution in [0.25, 0.3) is 0 Å². The molecule has 1 aliphatic heterocycles. The van der Waals surface area contributed by atoms with E-state index in [4.69, 9.17) is 11.6 Å². The van der Waals surface area contributed by atoms with E-state index in [0.717, 1.165) is 12.0 Å². The summed E-state index contributed by atoms with van der Waals surface area (Å²) < 4.78 is 18.8. The molecule has 0 spiro atoms. The van der Waals surface area contributed by atoms with Crippen LogP contribution in [-0.4, -0.2) is 31.9 Å². The van der Waals surface area contributed by atoms with Crippen LogP contribution < -0.4 is 4.90 Å². The SMILES string of the molecule is COOSc1ccc(N2CC[C@H](C(=O)CCl)C2)c(F)c1. The molecule has 1 aromatic carbocycles. The summed E-state index contributed by atoms with van der Waals surface area (Å²) in [5, 5.41) is 0. The van der Waals surface area contributed by atoms with Gasteiger partial charge in [0.05, 0.1) is 30.7 Å². The van der Waals surface area contributed by atoms with Gasteiger partial charge in [0.25, 0.3) is 0 Å². The van der Waals surface area contributed by atoms with Crippen molar-refractivity contribution in [3.8, 4) is 0 Å². The molecule has 1 fully saturated rings. The van der Waals surface area contributed by atoms with Gasteiger partial charge in [0, 0.05) is 23.9 Å². The van der Waals surface area contributed by atoms with Crippen LogP contribution in [0, 0.1) is 11.7 Å². The fraction of sp³-hybridized carbons (Fsp3) is 0.462. The first-order chi connectivity index (χ1) is 9.65.